The highest BCUT2D eigenvalue weighted by molar-refractivity contribution is 9.10. The number of halogens is 1. The fraction of sp³-hybridized carbons (Fsp3) is 0.385. The molecule has 4 nitrogen and oxygen atoms in total. The Balaban J connectivity index is 2.29. The van der Waals surface area contributed by atoms with Crippen molar-refractivity contribution in [2.75, 3.05) is 0 Å². The van der Waals surface area contributed by atoms with Gasteiger partial charge in [-0.3, -0.25) is 0 Å². The van der Waals surface area contributed by atoms with E-state index in [1.807, 2.05) is 25.1 Å². The minimum Gasteiger partial charge on any atom is -0.337 e. The van der Waals surface area contributed by atoms with Gasteiger partial charge < -0.3 is 10.3 Å². The molecule has 0 aliphatic rings. The van der Waals surface area contributed by atoms with Gasteiger partial charge in [0, 0.05) is 10.0 Å². The van der Waals surface area contributed by atoms with Gasteiger partial charge in [0.25, 0.3) is 0 Å². The van der Waals surface area contributed by atoms with Crippen LogP contribution in [0.3, 0.4) is 0 Å². The van der Waals surface area contributed by atoms with Crippen LogP contribution >= 0.6 is 15.9 Å². The summed E-state index contributed by atoms with van der Waals surface area (Å²) < 4.78 is 6.17. The molecule has 0 spiro atoms. The number of aryl methyl sites for hydroxylation is 1. The second-order valence-corrected chi connectivity index (χ2v) is 5.19. The third-order valence-electron chi connectivity index (χ3n) is 2.72. The molecule has 0 saturated heterocycles. The van der Waals surface area contributed by atoms with E-state index in [-0.39, 0.29) is 6.04 Å². The molecule has 0 saturated carbocycles. The second-order valence-electron chi connectivity index (χ2n) is 4.33. The summed E-state index contributed by atoms with van der Waals surface area (Å²) in [6.07, 6.45) is 1.84. The van der Waals surface area contributed by atoms with Crippen molar-refractivity contribution in [3.05, 3.63) is 34.1 Å². The van der Waals surface area contributed by atoms with E-state index in [1.54, 1.807) is 0 Å². The Bertz CT molecular complexity index is 539. The maximum absolute atomic E-state index is 5.95. The lowest BCUT2D eigenvalue weighted by Crippen LogP contribution is -2.09. The average Bonchev–Trinajstić information content (AvgIpc) is 2.78. The van der Waals surface area contributed by atoms with Gasteiger partial charge in [-0.25, -0.2) is 0 Å². The highest BCUT2D eigenvalue weighted by atomic mass is 79.9. The molecule has 2 aromatic rings. The molecule has 5 heteroatoms. The molecular weight excluding hydrogens is 294 g/mol. The Labute approximate surface area is 115 Å². The third-order valence-corrected chi connectivity index (χ3v) is 3.38. The normalized spacial score (nSPS) is 12.7. The Morgan fingerprint density at radius 2 is 2.22 bits per heavy atom. The van der Waals surface area contributed by atoms with Gasteiger partial charge in [-0.05, 0) is 31.0 Å². The monoisotopic (exact) mass is 309 g/mol. The lowest BCUT2D eigenvalue weighted by atomic mass is 10.1. The van der Waals surface area contributed by atoms with Crippen molar-refractivity contribution in [3.8, 4) is 11.4 Å². The summed E-state index contributed by atoms with van der Waals surface area (Å²) in [5, 5.41) is 3.98. The van der Waals surface area contributed by atoms with Crippen LogP contribution in [0.15, 0.2) is 27.2 Å². The molecule has 96 valence electrons. The van der Waals surface area contributed by atoms with Crippen molar-refractivity contribution >= 4 is 15.9 Å². The number of nitrogens with zero attached hydrogens (tertiary/aromatic N) is 2. The van der Waals surface area contributed by atoms with E-state index < -0.39 is 0 Å². The largest absolute Gasteiger partial charge is 0.337 e. The predicted molar refractivity (Wildman–Crippen MR) is 74.0 cm³/mol. The van der Waals surface area contributed by atoms with Gasteiger partial charge in [0.2, 0.25) is 11.7 Å². The smallest absolute Gasteiger partial charge is 0.243 e. The number of hydrogen-bond donors (Lipinski definition) is 1. The van der Waals surface area contributed by atoms with E-state index in [4.69, 9.17) is 10.3 Å². The van der Waals surface area contributed by atoms with Crippen molar-refractivity contribution < 1.29 is 4.52 Å². The Hall–Kier alpha value is -1.20. The van der Waals surface area contributed by atoms with E-state index >= 15 is 0 Å². The van der Waals surface area contributed by atoms with Gasteiger partial charge >= 0.3 is 0 Å². The van der Waals surface area contributed by atoms with Crippen LogP contribution < -0.4 is 5.73 Å². The molecule has 2 N–H and O–H groups in total. The van der Waals surface area contributed by atoms with Crippen molar-refractivity contribution in [1.29, 1.82) is 0 Å². The molecule has 0 amide bonds. The summed E-state index contributed by atoms with van der Waals surface area (Å²) in [7, 11) is 0. The van der Waals surface area contributed by atoms with Gasteiger partial charge in [-0.1, -0.05) is 40.5 Å². The number of hydrogen-bond acceptors (Lipinski definition) is 4. The Morgan fingerprint density at radius 3 is 2.89 bits per heavy atom. The number of aromatic nitrogens is 2. The Morgan fingerprint density at radius 1 is 1.44 bits per heavy atom. The molecule has 18 heavy (non-hydrogen) atoms. The highest BCUT2D eigenvalue weighted by Crippen LogP contribution is 2.27. The topological polar surface area (TPSA) is 64.9 Å². The first-order valence-corrected chi connectivity index (χ1v) is 6.76. The minimum absolute atomic E-state index is 0.180. The number of benzene rings is 1. The van der Waals surface area contributed by atoms with Crippen LogP contribution in [0.5, 0.6) is 0 Å². The molecule has 0 aliphatic heterocycles. The maximum Gasteiger partial charge on any atom is 0.243 e. The first kappa shape index (κ1) is 13.2. The molecule has 0 fully saturated rings. The summed E-state index contributed by atoms with van der Waals surface area (Å²) in [6, 6.07) is 5.83. The summed E-state index contributed by atoms with van der Waals surface area (Å²) in [5.74, 6) is 1.07. The van der Waals surface area contributed by atoms with Crippen LogP contribution in [-0.2, 0) is 0 Å². The van der Waals surface area contributed by atoms with Crippen molar-refractivity contribution in [1.82, 2.24) is 10.1 Å². The molecule has 0 bridgehead atoms. The number of nitrogens with two attached hydrogens (primary N) is 1. The van der Waals surface area contributed by atoms with Crippen LogP contribution in [0.4, 0.5) is 0 Å². The van der Waals surface area contributed by atoms with Crippen molar-refractivity contribution in [2.24, 2.45) is 5.73 Å². The molecule has 1 aromatic carbocycles. The summed E-state index contributed by atoms with van der Waals surface area (Å²) in [6.45, 7) is 4.11. The van der Waals surface area contributed by atoms with Crippen molar-refractivity contribution in [2.45, 2.75) is 32.7 Å². The zero-order valence-electron chi connectivity index (χ0n) is 10.5. The predicted octanol–water partition coefficient (Wildman–Crippen LogP) is 3.61. The van der Waals surface area contributed by atoms with Gasteiger partial charge in [0.05, 0.1) is 6.04 Å². The van der Waals surface area contributed by atoms with Gasteiger partial charge in [-0.2, -0.15) is 4.98 Å². The van der Waals surface area contributed by atoms with Gasteiger partial charge in [0.15, 0.2) is 0 Å². The first-order valence-electron chi connectivity index (χ1n) is 5.97. The Kier molecular flexibility index (Phi) is 4.14. The molecular formula is C13H16BrN3O. The molecule has 0 unspecified atom stereocenters. The maximum atomic E-state index is 5.95. The number of rotatable bonds is 4. The van der Waals surface area contributed by atoms with Gasteiger partial charge in [0.1, 0.15) is 0 Å². The van der Waals surface area contributed by atoms with E-state index in [0.717, 1.165) is 22.9 Å². The first-order chi connectivity index (χ1) is 8.61. The highest BCUT2D eigenvalue weighted by Gasteiger charge is 2.16. The summed E-state index contributed by atoms with van der Waals surface area (Å²) in [5.41, 5.74) is 8.04. The second kappa shape index (κ2) is 5.63. The van der Waals surface area contributed by atoms with Crippen LogP contribution in [0.1, 0.15) is 37.3 Å². The fourth-order valence-corrected chi connectivity index (χ4v) is 2.40. The van der Waals surface area contributed by atoms with E-state index in [0.29, 0.717) is 11.7 Å². The standard InChI is InChI=1S/C13H16BrN3O/c1-3-4-11(15)13-16-12(17-18-13)9-6-5-8(2)7-10(9)14/h5-7,11H,3-4,15H2,1-2H3/t11-/m1/s1. The SMILES string of the molecule is CCC[C@@H](N)c1nc(-c2ccc(C)cc2Br)no1. The van der Waals surface area contributed by atoms with Crippen LogP contribution in [0, 0.1) is 6.92 Å². The summed E-state index contributed by atoms with van der Waals surface area (Å²) in [4.78, 5) is 4.36. The zero-order valence-corrected chi connectivity index (χ0v) is 12.1. The average molecular weight is 310 g/mol. The zero-order chi connectivity index (χ0) is 13.1. The van der Waals surface area contributed by atoms with Crippen LogP contribution in [0.2, 0.25) is 0 Å². The lowest BCUT2D eigenvalue weighted by Gasteiger charge is -2.02. The fourth-order valence-electron chi connectivity index (χ4n) is 1.73. The molecule has 1 aromatic heterocycles. The minimum atomic E-state index is -0.180. The third kappa shape index (κ3) is 2.79. The van der Waals surface area contributed by atoms with Crippen LogP contribution in [-0.4, -0.2) is 10.1 Å². The molecule has 1 heterocycles. The van der Waals surface area contributed by atoms with E-state index in [9.17, 15) is 0 Å². The molecule has 0 aliphatic carbocycles. The molecule has 2 rings (SSSR count). The molecule has 1 atom stereocenters. The lowest BCUT2D eigenvalue weighted by molar-refractivity contribution is 0.348. The van der Waals surface area contributed by atoms with Gasteiger partial charge in [-0.15, -0.1) is 0 Å². The van der Waals surface area contributed by atoms with E-state index in [1.165, 1.54) is 5.56 Å². The van der Waals surface area contributed by atoms with E-state index in [2.05, 4.69) is 33.0 Å². The van der Waals surface area contributed by atoms with Crippen LogP contribution in [0.25, 0.3) is 11.4 Å². The summed E-state index contributed by atoms with van der Waals surface area (Å²) >= 11 is 3.51. The molecule has 0 radical (unpaired) electrons. The quantitative estimate of drug-likeness (QED) is 0.937. The van der Waals surface area contributed by atoms with Crippen molar-refractivity contribution in [3.63, 3.8) is 0 Å².